The van der Waals surface area contributed by atoms with E-state index in [1.54, 1.807) is 23.5 Å². The van der Waals surface area contributed by atoms with Crippen molar-refractivity contribution in [1.82, 2.24) is 23.8 Å². The summed E-state index contributed by atoms with van der Waals surface area (Å²) >= 11 is 16.1. The third-order valence-corrected chi connectivity index (χ3v) is 9.40. The highest BCUT2D eigenvalue weighted by molar-refractivity contribution is 9.10. The molecule has 0 radical (unpaired) electrons. The van der Waals surface area contributed by atoms with Crippen LogP contribution in [-0.2, 0) is 10.0 Å². The van der Waals surface area contributed by atoms with Crippen molar-refractivity contribution in [2.45, 2.75) is 33.2 Å². The lowest BCUT2D eigenvalue weighted by Gasteiger charge is -2.17. The Morgan fingerprint density at radius 3 is 2.61 bits per heavy atom. The summed E-state index contributed by atoms with van der Waals surface area (Å²) in [7, 11) is -3.21. The van der Waals surface area contributed by atoms with E-state index in [0.29, 0.717) is 40.1 Å². The third kappa shape index (κ3) is 4.65. The van der Waals surface area contributed by atoms with E-state index in [2.05, 4.69) is 41.8 Å². The predicted octanol–water partition coefficient (Wildman–Crippen LogP) is 5.94. The van der Waals surface area contributed by atoms with Crippen molar-refractivity contribution in [3.8, 4) is 17.1 Å². The Labute approximate surface area is 228 Å². The van der Waals surface area contributed by atoms with Gasteiger partial charge in [0.1, 0.15) is 11.3 Å². The standard InChI is InChI=1S/C24H25BrCl2N6O2S/c1-4-36(34,35)32-6-5-17(12-32)29-21-20(25)11-28-24-22(21)30-23(31-24)19-7-13(2)33(14(19)3)18-9-15(26)8-16(27)10-18/h7-11,17H,4-6,12H2,1-3H3,(H2,28,29,30,31)/t17-/m0/s1. The minimum Gasteiger partial charge on any atom is -0.378 e. The van der Waals surface area contributed by atoms with Gasteiger partial charge in [0.2, 0.25) is 10.0 Å². The summed E-state index contributed by atoms with van der Waals surface area (Å²) in [6, 6.07) is 7.50. The van der Waals surface area contributed by atoms with Gasteiger partial charge >= 0.3 is 0 Å². The van der Waals surface area contributed by atoms with Gasteiger partial charge in [-0.15, -0.1) is 0 Å². The first-order chi connectivity index (χ1) is 17.1. The molecule has 1 aliphatic rings. The van der Waals surface area contributed by atoms with Crippen molar-refractivity contribution in [2.24, 2.45) is 0 Å². The maximum atomic E-state index is 12.3. The zero-order chi connectivity index (χ0) is 25.8. The number of anilines is 1. The van der Waals surface area contributed by atoms with E-state index >= 15 is 0 Å². The Morgan fingerprint density at radius 2 is 1.92 bits per heavy atom. The van der Waals surface area contributed by atoms with E-state index in [-0.39, 0.29) is 11.8 Å². The van der Waals surface area contributed by atoms with Gasteiger partial charge in [-0.2, -0.15) is 4.31 Å². The molecule has 5 rings (SSSR count). The van der Waals surface area contributed by atoms with Crippen LogP contribution in [0, 0.1) is 13.8 Å². The lowest BCUT2D eigenvalue weighted by Crippen LogP contribution is -2.32. The third-order valence-electron chi connectivity index (χ3n) is 6.52. The molecule has 1 atom stereocenters. The second-order valence-electron chi connectivity index (χ2n) is 8.90. The molecule has 190 valence electrons. The Bertz CT molecular complexity index is 1560. The summed E-state index contributed by atoms with van der Waals surface area (Å²) in [4.78, 5) is 12.8. The molecule has 36 heavy (non-hydrogen) atoms. The number of imidazole rings is 1. The molecule has 0 bridgehead atoms. The first-order valence-corrected chi connectivity index (χ1v) is 14.7. The number of halogens is 3. The number of sulfonamides is 1. The van der Waals surface area contributed by atoms with Crippen molar-refractivity contribution in [3.05, 3.63) is 56.4 Å². The molecule has 0 spiro atoms. The monoisotopic (exact) mass is 610 g/mol. The fourth-order valence-corrected chi connectivity index (χ4v) is 6.82. The van der Waals surface area contributed by atoms with Crippen LogP contribution in [0.2, 0.25) is 10.0 Å². The lowest BCUT2D eigenvalue weighted by atomic mass is 10.2. The number of fused-ring (bicyclic) bond motifs is 1. The van der Waals surface area contributed by atoms with Gasteiger partial charge in [0.05, 0.1) is 15.9 Å². The zero-order valence-electron chi connectivity index (χ0n) is 19.9. The molecule has 0 aliphatic carbocycles. The van der Waals surface area contributed by atoms with Crippen LogP contribution in [0.15, 0.2) is 34.9 Å². The molecule has 0 saturated carbocycles. The molecule has 0 unspecified atom stereocenters. The number of H-pyrrole nitrogens is 1. The van der Waals surface area contributed by atoms with Gasteiger partial charge in [0.25, 0.3) is 0 Å². The average Bonchev–Trinajstić information content (AvgIpc) is 3.52. The molecule has 3 aromatic heterocycles. The number of aromatic nitrogens is 4. The number of nitrogens with zero attached hydrogens (tertiary/aromatic N) is 4. The lowest BCUT2D eigenvalue weighted by molar-refractivity contribution is 0.476. The minimum absolute atomic E-state index is 0.0222. The van der Waals surface area contributed by atoms with E-state index in [9.17, 15) is 8.42 Å². The van der Waals surface area contributed by atoms with Crippen LogP contribution in [-0.4, -0.2) is 57.1 Å². The molecule has 1 aliphatic heterocycles. The first kappa shape index (κ1) is 25.5. The van der Waals surface area contributed by atoms with Gasteiger partial charge in [-0.3, -0.25) is 0 Å². The fourth-order valence-electron chi connectivity index (χ4n) is 4.75. The second kappa shape index (κ2) is 9.64. The van der Waals surface area contributed by atoms with Crippen molar-refractivity contribution >= 4 is 66.0 Å². The van der Waals surface area contributed by atoms with Crippen molar-refractivity contribution in [1.29, 1.82) is 0 Å². The molecule has 2 N–H and O–H groups in total. The summed E-state index contributed by atoms with van der Waals surface area (Å²) in [5, 5.41) is 4.64. The van der Waals surface area contributed by atoms with E-state index < -0.39 is 10.0 Å². The van der Waals surface area contributed by atoms with E-state index in [1.807, 2.05) is 26.0 Å². The van der Waals surface area contributed by atoms with Gasteiger partial charge in [-0.05, 0) is 67.4 Å². The molecule has 1 fully saturated rings. The predicted molar refractivity (Wildman–Crippen MR) is 149 cm³/mol. The topological polar surface area (TPSA) is 95.9 Å². The number of rotatable bonds is 6. The smallest absolute Gasteiger partial charge is 0.213 e. The van der Waals surface area contributed by atoms with Crippen LogP contribution in [0.5, 0.6) is 0 Å². The van der Waals surface area contributed by atoms with Crippen molar-refractivity contribution in [2.75, 3.05) is 24.2 Å². The molecule has 0 amide bonds. The molecular formula is C24H25BrCl2N6O2S. The number of nitrogens with one attached hydrogen (secondary N) is 2. The van der Waals surface area contributed by atoms with Crippen LogP contribution < -0.4 is 5.32 Å². The van der Waals surface area contributed by atoms with E-state index in [1.165, 1.54) is 0 Å². The van der Waals surface area contributed by atoms with E-state index in [0.717, 1.165) is 39.2 Å². The molecule has 4 aromatic rings. The Kier molecular flexibility index (Phi) is 6.84. The van der Waals surface area contributed by atoms with Gasteiger partial charge < -0.3 is 14.9 Å². The maximum Gasteiger partial charge on any atom is 0.213 e. The quantitative estimate of drug-likeness (QED) is 0.281. The molecule has 8 nitrogen and oxygen atoms in total. The molecule has 12 heteroatoms. The van der Waals surface area contributed by atoms with Crippen LogP contribution >= 0.6 is 39.1 Å². The second-order valence-corrected chi connectivity index (χ2v) is 12.9. The first-order valence-electron chi connectivity index (χ1n) is 11.5. The van der Waals surface area contributed by atoms with Crippen molar-refractivity contribution in [3.63, 3.8) is 0 Å². The average molecular weight is 612 g/mol. The number of hydrogen-bond donors (Lipinski definition) is 2. The summed E-state index contributed by atoms with van der Waals surface area (Å²) in [6.07, 6.45) is 2.44. The van der Waals surface area contributed by atoms with Gasteiger partial charge in [-0.1, -0.05) is 23.2 Å². The minimum atomic E-state index is -3.21. The van der Waals surface area contributed by atoms with Gasteiger partial charge in [0.15, 0.2) is 5.65 Å². The summed E-state index contributed by atoms with van der Waals surface area (Å²) in [6.45, 7) is 6.64. The van der Waals surface area contributed by atoms with Gasteiger partial charge in [0, 0.05) is 58.0 Å². The summed E-state index contributed by atoms with van der Waals surface area (Å²) < 4.78 is 29.0. The van der Waals surface area contributed by atoms with Crippen LogP contribution in [0.3, 0.4) is 0 Å². The highest BCUT2D eigenvalue weighted by atomic mass is 79.9. The number of aromatic amines is 1. The Balaban J connectivity index is 1.51. The number of aryl methyl sites for hydroxylation is 1. The fraction of sp³-hybridized carbons (Fsp3) is 0.333. The normalized spacial score (nSPS) is 16.8. The van der Waals surface area contributed by atoms with Crippen molar-refractivity contribution < 1.29 is 8.42 Å². The zero-order valence-corrected chi connectivity index (χ0v) is 23.9. The van der Waals surface area contributed by atoms with Crippen LogP contribution in [0.4, 0.5) is 5.69 Å². The number of benzene rings is 1. The molecule has 1 saturated heterocycles. The number of pyridine rings is 1. The molecule has 1 aromatic carbocycles. The summed E-state index contributed by atoms with van der Waals surface area (Å²) in [5.74, 6) is 0.790. The molecular weight excluding hydrogens is 587 g/mol. The van der Waals surface area contributed by atoms with Crippen LogP contribution in [0.1, 0.15) is 24.7 Å². The highest BCUT2D eigenvalue weighted by Crippen LogP contribution is 2.35. The molecule has 4 heterocycles. The van der Waals surface area contributed by atoms with Crippen LogP contribution in [0.25, 0.3) is 28.2 Å². The number of hydrogen-bond acceptors (Lipinski definition) is 5. The Morgan fingerprint density at radius 1 is 1.19 bits per heavy atom. The van der Waals surface area contributed by atoms with E-state index in [4.69, 9.17) is 28.2 Å². The SMILES string of the molecule is CCS(=O)(=O)N1CC[C@H](Nc2c(Br)cnc3[nH]c(-c4cc(C)n(-c5cc(Cl)cc(Cl)c5)c4C)nc23)C1. The largest absolute Gasteiger partial charge is 0.378 e. The Hall–Kier alpha value is -2.11. The maximum absolute atomic E-state index is 12.3. The summed E-state index contributed by atoms with van der Waals surface area (Å²) in [5.41, 5.74) is 5.92. The highest BCUT2D eigenvalue weighted by Gasteiger charge is 2.31. The van der Waals surface area contributed by atoms with Gasteiger partial charge in [-0.25, -0.2) is 18.4 Å².